The van der Waals surface area contributed by atoms with Crippen LogP contribution in [0.1, 0.15) is 38.7 Å². The first kappa shape index (κ1) is 14.0. The number of benzene rings is 1. The summed E-state index contributed by atoms with van der Waals surface area (Å²) in [4.78, 5) is 2.45. The third-order valence-corrected chi connectivity index (χ3v) is 3.39. The van der Waals surface area contributed by atoms with E-state index in [1.165, 1.54) is 24.8 Å². The number of hydrogen-bond acceptors (Lipinski definition) is 2. The van der Waals surface area contributed by atoms with Crippen LogP contribution in [0.3, 0.4) is 0 Å². The fourth-order valence-electron chi connectivity index (χ4n) is 2.14. The molecule has 0 bridgehead atoms. The Hall–Kier alpha value is -1.02. The highest BCUT2D eigenvalue weighted by Gasteiger charge is 2.07. The molecule has 0 aliphatic heterocycles. The standard InChI is InChI=1S/C15H26N2/c1-4-7-13(2)17(3)11-6-9-14-8-5-10-15(16)12-14/h5,8,10,12-13H,4,6-7,9,11,16H2,1-3H3. The maximum atomic E-state index is 5.77. The third kappa shape index (κ3) is 5.22. The Labute approximate surface area is 106 Å². The van der Waals surface area contributed by atoms with E-state index in [0.29, 0.717) is 6.04 Å². The number of nitrogens with zero attached hydrogens (tertiary/aromatic N) is 1. The van der Waals surface area contributed by atoms with Gasteiger partial charge in [0, 0.05) is 11.7 Å². The highest BCUT2D eigenvalue weighted by Crippen LogP contribution is 2.10. The zero-order chi connectivity index (χ0) is 12.7. The number of nitrogen functional groups attached to an aromatic ring is 1. The Morgan fingerprint density at radius 1 is 1.35 bits per heavy atom. The maximum Gasteiger partial charge on any atom is 0.0316 e. The summed E-state index contributed by atoms with van der Waals surface area (Å²) in [5.74, 6) is 0. The first-order chi connectivity index (χ1) is 8.13. The molecule has 1 aromatic carbocycles. The molecule has 1 aromatic rings. The van der Waals surface area contributed by atoms with Crippen LogP contribution in [0.2, 0.25) is 0 Å². The highest BCUT2D eigenvalue weighted by molar-refractivity contribution is 5.40. The van der Waals surface area contributed by atoms with Gasteiger partial charge in [0.15, 0.2) is 0 Å². The average molecular weight is 234 g/mol. The number of hydrogen-bond donors (Lipinski definition) is 1. The van der Waals surface area contributed by atoms with Crippen molar-refractivity contribution in [3.8, 4) is 0 Å². The van der Waals surface area contributed by atoms with E-state index in [1.54, 1.807) is 0 Å². The van der Waals surface area contributed by atoms with Crippen LogP contribution in [0.5, 0.6) is 0 Å². The van der Waals surface area contributed by atoms with Gasteiger partial charge in [-0.1, -0.05) is 25.5 Å². The number of anilines is 1. The van der Waals surface area contributed by atoms with Crippen LogP contribution < -0.4 is 5.73 Å². The van der Waals surface area contributed by atoms with Gasteiger partial charge in [-0.2, -0.15) is 0 Å². The predicted molar refractivity (Wildman–Crippen MR) is 76.2 cm³/mol. The molecule has 17 heavy (non-hydrogen) atoms. The minimum Gasteiger partial charge on any atom is -0.399 e. The predicted octanol–water partition coefficient (Wildman–Crippen LogP) is 3.32. The van der Waals surface area contributed by atoms with E-state index in [9.17, 15) is 0 Å². The van der Waals surface area contributed by atoms with E-state index in [0.717, 1.165) is 18.7 Å². The molecular weight excluding hydrogens is 208 g/mol. The zero-order valence-electron chi connectivity index (χ0n) is 11.4. The molecule has 96 valence electrons. The first-order valence-corrected chi connectivity index (χ1v) is 6.68. The molecule has 1 rings (SSSR count). The fourth-order valence-corrected chi connectivity index (χ4v) is 2.14. The van der Waals surface area contributed by atoms with E-state index in [2.05, 4.69) is 37.9 Å². The minimum atomic E-state index is 0.695. The lowest BCUT2D eigenvalue weighted by Gasteiger charge is -2.24. The quantitative estimate of drug-likeness (QED) is 0.733. The van der Waals surface area contributed by atoms with Gasteiger partial charge < -0.3 is 10.6 Å². The highest BCUT2D eigenvalue weighted by atomic mass is 15.1. The summed E-state index contributed by atoms with van der Waals surface area (Å²) in [7, 11) is 2.22. The Bertz CT molecular complexity index is 322. The normalized spacial score (nSPS) is 12.9. The van der Waals surface area contributed by atoms with E-state index in [-0.39, 0.29) is 0 Å². The molecule has 0 spiro atoms. The van der Waals surface area contributed by atoms with Crippen molar-refractivity contribution in [1.29, 1.82) is 0 Å². The first-order valence-electron chi connectivity index (χ1n) is 6.68. The Morgan fingerprint density at radius 2 is 2.12 bits per heavy atom. The monoisotopic (exact) mass is 234 g/mol. The summed E-state index contributed by atoms with van der Waals surface area (Å²) in [5, 5.41) is 0. The molecule has 0 heterocycles. The summed E-state index contributed by atoms with van der Waals surface area (Å²) >= 11 is 0. The summed E-state index contributed by atoms with van der Waals surface area (Å²) in [6.45, 7) is 5.72. The van der Waals surface area contributed by atoms with Gasteiger partial charge in [-0.15, -0.1) is 0 Å². The van der Waals surface area contributed by atoms with Gasteiger partial charge in [-0.3, -0.25) is 0 Å². The molecule has 2 nitrogen and oxygen atoms in total. The Balaban J connectivity index is 2.28. The topological polar surface area (TPSA) is 29.3 Å². The van der Waals surface area contributed by atoms with Crippen LogP contribution in [-0.4, -0.2) is 24.5 Å². The fraction of sp³-hybridized carbons (Fsp3) is 0.600. The number of aryl methyl sites for hydroxylation is 1. The summed E-state index contributed by atoms with van der Waals surface area (Å²) in [6.07, 6.45) is 4.87. The van der Waals surface area contributed by atoms with Crippen molar-refractivity contribution in [3.05, 3.63) is 29.8 Å². The second-order valence-corrected chi connectivity index (χ2v) is 4.97. The molecule has 2 heteroatoms. The van der Waals surface area contributed by atoms with Crippen molar-refractivity contribution in [3.63, 3.8) is 0 Å². The van der Waals surface area contributed by atoms with E-state index < -0.39 is 0 Å². The molecule has 1 unspecified atom stereocenters. The lowest BCUT2D eigenvalue weighted by atomic mass is 10.1. The van der Waals surface area contributed by atoms with Crippen LogP contribution in [-0.2, 0) is 6.42 Å². The van der Waals surface area contributed by atoms with Gasteiger partial charge in [0.25, 0.3) is 0 Å². The van der Waals surface area contributed by atoms with Crippen molar-refractivity contribution in [2.45, 2.75) is 45.6 Å². The lowest BCUT2D eigenvalue weighted by Crippen LogP contribution is -2.30. The largest absolute Gasteiger partial charge is 0.399 e. The Kier molecular flexibility index (Phi) is 6.06. The van der Waals surface area contributed by atoms with Crippen molar-refractivity contribution in [2.75, 3.05) is 19.3 Å². The van der Waals surface area contributed by atoms with Gasteiger partial charge in [0.05, 0.1) is 0 Å². The molecule has 0 aromatic heterocycles. The molecule has 0 fully saturated rings. The average Bonchev–Trinajstić information content (AvgIpc) is 2.29. The van der Waals surface area contributed by atoms with Crippen molar-refractivity contribution < 1.29 is 0 Å². The number of rotatable bonds is 7. The molecule has 0 saturated heterocycles. The van der Waals surface area contributed by atoms with Crippen LogP contribution >= 0.6 is 0 Å². The van der Waals surface area contributed by atoms with Crippen LogP contribution in [0.25, 0.3) is 0 Å². The molecule has 0 amide bonds. The van der Waals surface area contributed by atoms with Crippen LogP contribution in [0, 0.1) is 0 Å². The second kappa shape index (κ2) is 7.33. The van der Waals surface area contributed by atoms with Crippen molar-refractivity contribution in [2.24, 2.45) is 0 Å². The van der Waals surface area contributed by atoms with E-state index >= 15 is 0 Å². The molecule has 2 N–H and O–H groups in total. The van der Waals surface area contributed by atoms with Gasteiger partial charge in [-0.25, -0.2) is 0 Å². The molecule has 0 aliphatic rings. The van der Waals surface area contributed by atoms with Gasteiger partial charge >= 0.3 is 0 Å². The molecule has 0 radical (unpaired) electrons. The molecule has 0 saturated carbocycles. The zero-order valence-corrected chi connectivity index (χ0v) is 11.4. The van der Waals surface area contributed by atoms with Gasteiger partial charge in [-0.05, 0) is 57.5 Å². The van der Waals surface area contributed by atoms with Crippen molar-refractivity contribution in [1.82, 2.24) is 4.90 Å². The van der Waals surface area contributed by atoms with E-state index in [4.69, 9.17) is 5.73 Å². The Morgan fingerprint density at radius 3 is 2.76 bits per heavy atom. The summed E-state index contributed by atoms with van der Waals surface area (Å²) in [6, 6.07) is 8.91. The van der Waals surface area contributed by atoms with Gasteiger partial charge in [0.2, 0.25) is 0 Å². The second-order valence-electron chi connectivity index (χ2n) is 4.97. The SMILES string of the molecule is CCCC(C)N(C)CCCc1cccc(N)c1. The smallest absolute Gasteiger partial charge is 0.0316 e. The maximum absolute atomic E-state index is 5.77. The molecule has 1 atom stereocenters. The summed E-state index contributed by atoms with van der Waals surface area (Å²) in [5.41, 5.74) is 7.99. The summed E-state index contributed by atoms with van der Waals surface area (Å²) < 4.78 is 0. The number of nitrogens with two attached hydrogens (primary N) is 1. The van der Waals surface area contributed by atoms with Gasteiger partial charge in [0.1, 0.15) is 0 Å². The third-order valence-electron chi connectivity index (χ3n) is 3.39. The molecular formula is C15H26N2. The van der Waals surface area contributed by atoms with Crippen molar-refractivity contribution >= 4 is 5.69 Å². The van der Waals surface area contributed by atoms with Crippen LogP contribution in [0.15, 0.2) is 24.3 Å². The van der Waals surface area contributed by atoms with E-state index in [1.807, 2.05) is 12.1 Å². The van der Waals surface area contributed by atoms with Crippen LogP contribution in [0.4, 0.5) is 5.69 Å². The molecule has 0 aliphatic carbocycles. The lowest BCUT2D eigenvalue weighted by molar-refractivity contribution is 0.242. The minimum absolute atomic E-state index is 0.695.